The van der Waals surface area contributed by atoms with E-state index in [0.29, 0.717) is 5.69 Å². The standard InChI is InChI=1S/C21H24F2N2O3/c1-27-16-9-5-14(6-10-16)24-21(26)25-15-7-11-17(12-8-15)28-13-18-19(22)3-2-4-20(18)23/h2-6,9-10,15,17H,7-8,11-13H2,1H3,(H2,24,25,26)/t15-,17-. The predicted octanol–water partition coefficient (Wildman–Crippen LogP) is 4.62. The van der Waals surface area contributed by atoms with Crippen LogP contribution in [0.4, 0.5) is 19.3 Å². The van der Waals surface area contributed by atoms with Crippen molar-refractivity contribution >= 4 is 11.7 Å². The molecular weight excluding hydrogens is 366 g/mol. The van der Waals surface area contributed by atoms with Crippen LogP contribution in [0.2, 0.25) is 0 Å². The Kier molecular flexibility index (Phi) is 6.81. The monoisotopic (exact) mass is 390 g/mol. The van der Waals surface area contributed by atoms with Crippen LogP contribution in [0.15, 0.2) is 42.5 Å². The summed E-state index contributed by atoms with van der Waals surface area (Å²) in [5, 5.41) is 5.74. The number of anilines is 1. The quantitative estimate of drug-likeness (QED) is 0.757. The van der Waals surface area contributed by atoms with Crippen molar-refractivity contribution in [1.82, 2.24) is 5.32 Å². The lowest BCUT2D eigenvalue weighted by atomic mass is 9.93. The second-order valence-corrected chi connectivity index (χ2v) is 6.81. The molecule has 1 fully saturated rings. The minimum Gasteiger partial charge on any atom is -0.497 e. The molecule has 0 spiro atoms. The molecule has 2 amide bonds. The lowest BCUT2D eigenvalue weighted by molar-refractivity contribution is 0.00964. The Morgan fingerprint density at radius 1 is 1.04 bits per heavy atom. The van der Waals surface area contributed by atoms with Crippen molar-refractivity contribution in [3.05, 3.63) is 59.7 Å². The molecule has 0 aromatic heterocycles. The SMILES string of the molecule is COc1ccc(NC(=O)N[C@H]2CC[C@H](OCc3c(F)cccc3F)CC2)cc1. The highest BCUT2D eigenvalue weighted by Gasteiger charge is 2.23. The molecule has 1 aliphatic carbocycles. The van der Waals surface area contributed by atoms with Gasteiger partial charge < -0.3 is 20.1 Å². The molecule has 0 unspecified atom stereocenters. The maximum absolute atomic E-state index is 13.7. The Bertz CT molecular complexity index is 770. The number of halogens is 2. The van der Waals surface area contributed by atoms with Crippen molar-refractivity contribution in [3.63, 3.8) is 0 Å². The molecule has 0 bridgehead atoms. The maximum Gasteiger partial charge on any atom is 0.319 e. The number of methoxy groups -OCH3 is 1. The minimum absolute atomic E-state index is 0.0402. The highest BCUT2D eigenvalue weighted by atomic mass is 19.1. The third-order valence-electron chi connectivity index (χ3n) is 4.88. The summed E-state index contributed by atoms with van der Waals surface area (Å²) in [5.41, 5.74) is 0.642. The van der Waals surface area contributed by atoms with E-state index in [9.17, 15) is 13.6 Å². The van der Waals surface area contributed by atoms with Gasteiger partial charge in [-0.2, -0.15) is 0 Å². The summed E-state index contributed by atoms with van der Waals surface area (Å²) < 4.78 is 38.1. The van der Waals surface area contributed by atoms with E-state index in [-0.39, 0.29) is 30.3 Å². The third kappa shape index (κ3) is 5.42. The van der Waals surface area contributed by atoms with Gasteiger partial charge in [-0.25, -0.2) is 13.6 Å². The summed E-state index contributed by atoms with van der Waals surface area (Å²) in [6.07, 6.45) is 2.88. The number of amides is 2. The van der Waals surface area contributed by atoms with Crippen LogP contribution in [0, 0.1) is 11.6 Å². The summed E-state index contributed by atoms with van der Waals surface area (Å²) >= 11 is 0. The Balaban J connectivity index is 1.40. The van der Waals surface area contributed by atoms with Gasteiger partial charge in [0.2, 0.25) is 0 Å². The van der Waals surface area contributed by atoms with Crippen molar-refractivity contribution < 1.29 is 23.0 Å². The van der Waals surface area contributed by atoms with Crippen LogP contribution in [0.3, 0.4) is 0 Å². The van der Waals surface area contributed by atoms with Crippen LogP contribution >= 0.6 is 0 Å². The summed E-state index contributed by atoms with van der Waals surface area (Å²) in [6, 6.07) is 10.7. The fraction of sp³-hybridized carbons (Fsp3) is 0.381. The number of ether oxygens (including phenoxy) is 2. The fourth-order valence-electron chi connectivity index (χ4n) is 3.27. The van der Waals surface area contributed by atoms with Crippen LogP contribution in [-0.2, 0) is 11.3 Å². The molecule has 5 nitrogen and oxygen atoms in total. The molecule has 0 heterocycles. The molecule has 0 saturated heterocycles. The van der Waals surface area contributed by atoms with E-state index in [1.807, 2.05) is 0 Å². The summed E-state index contributed by atoms with van der Waals surface area (Å²) in [6.45, 7) is -0.0841. The summed E-state index contributed by atoms with van der Waals surface area (Å²) in [7, 11) is 1.59. The van der Waals surface area contributed by atoms with Gasteiger partial charge in [0.1, 0.15) is 17.4 Å². The van der Waals surface area contributed by atoms with Crippen LogP contribution in [-0.4, -0.2) is 25.3 Å². The molecule has 0 aliphatic heterocycles. The number of carbonyl (C=O) groups is 1. The summed E-state index contributed by atoms with van der Waals surface area (Å²) in [4.78, 5) is 12.1. The van der Waals surface area contributed by atoms with E-state index in [1.54, 1.807) is 31.4 Å². The zero-order valence-corrected chi connectivity index (χ0v) is 15.7. The van der Waals surface area contributed by atoms with E-state index >= 15 is 0 Å². The molecule has 2 aromatic rings. The highest BCUT2D eigenvalue weighted by molar-refractivity contribution is 5.89. The number of urea groups is 1. The van der Waals surface area contributed by atoms with E-state index in [0.717, 1.165) is 31.4 Å². The molecule has 150 valence electrons. The first-order valence-corrected chi connectivity index (χ1v) is 9.31. The van der Waals surface area contributed by atoms with Gasteiger partial charge in [0.05, 0.1) is 19.8 Å². The zero-order chi connectivity index (χ0) is 19.9. The maximum atomic E-state index is 13.7. The average molecular weight is 390 g/mol. The van der Waals surface area contributed by atoms with Crippen LogP contribution in [0.25, 0.3) is 0 Å². The van der Waals surface area contributed by atoms with Gasteiger partial charge in [0, 0.05) is 17.3 Å². The Hall–Kier alpha value is -2.67. The highest BCUT2D eigenvalue weighted by Crippen LogP contribution is 2.24. The predicted molar refractivity (Wildman–Crippen MR) is 102 cm³/mol. The van der Waals surface area contributed by atoms with E-state index in [1.165, 1.54) is 18.2 Å². The van der Waals surface area contributed by atoms with Gasteiger partial charge in [0.15, 0.2) is 0 Å². The molecule has 1 saturated carbocycles. The molecule has 2 aromatic carbocycles. The number of rotatable bonds is 6. The molecule has 7 heteroatoms. The molecule has 0 atom stereocenters. The second kappa shape index (κ2) is 9.50. The average Bonchev–Trinajstić information content (AvgIpc) is 2.69. The number of benzene rings is 2. The third-order valence-corrected chi connectivity index (χ3v) is 4.88. The molecule has 2 N–H and O–H groups in total. The van der Waals surface area contributed by atoms with Gasteiger partial charge in [-0.15, -0.1) is 0 Å². The topological polar surface area (TPSA) is 59.6 Å². The second-order valence-electron chi connectivity index (χ2n) is 6.81. The Morgan fingerprint density at radius 3 is 2.29 bits per heavy atom. The number of hydrogen-bond donors (Lipinski definition) is 2. The Morgan fingerprint density at radius 2 is 1.68 bits per heavy atom. The van der Waals surface area contributed by atoms with E-state index in [2.05, 4.69) is 10.6 Å². The lowest BCUT2D eigenvalue weighted by Crippen LogP contribution is -2.41. The normalized spacial score (nSPS) is 19.1. The first-order valence-electron chi connectivity index (χ1n) is 9.31. The van der Waals surface area contributed by atoms with E-state index in [4.69, 9.17) is 9.47 Å². The number of nitrogens with one attached hydrogen (secondary N) is 2. The Labute approximate surface area is 163 Å². The van der Waals surface area contributed by atoms with Crippen LogP contribution < -0.4 is 15.4 Å². The smallest absolute Gasteiger partial charge is 0.319 e. The first-order chi connectivity index (χ1) is 13.5. The van der Waals surface area contributed by atoms with Crippen LogP contribution in [0.1, 0.15) is 31.2 Å². The van der Waals surface area contributed by atoms with Crippen molar-refractivity contribution in [1.29, 1.82) is 0 Å². The van der Waals surface area contributed by atoms with Gasteiger partial charge in [-0.3, -0.25) is 0 Å². The summed E-state index contributed by atoms with van der Waals surface area (Å²) in [5.74, 6) is -0.462. The van der Waals surface area contributed by atoms with Gasteiger partial charge in [-0.05, 0) is 62.1 Å². The molecule has 28 heavy (non-hydrogen) atoms. The first kappa shape index (κ1) is 20.1. The number of carbonyl (C=O) groups excluding carboxylic acids is 1. The van der Waals surface area contributed by atoms with Crippen LogP contribution in [0.5, 0.6) is 5.75 Å². The van der Waals surface area contributed by atoms with Gasteiger partial charge in [-0.1, -0.05) is 6.07 Å². The van der Waals surface area contributed by atoms with Crippen molar-refractivity contribution in [2.24, 2.45) is 0 Å². The van der Waals surface area contributed by atoms with Crippen molar-refractivity contribution in [2.45, 2.75) is 44.4 Å². The number of hydrogen-bond acceptors (Lipinski definition) is 3. The van der Waals surface area contributed by atoms with Crippen molar-refractivity contribution in [2.75, 3.05) is 12.4 Å². The molecule has 1 aliphatic rings. The van der Waals surface area contributed by atoms with Gasteiger partial charge >= 0.3 is 6.03 Å². The van der Waals surface area contributed by atoms with E-state index < -0.39 is 11.6 Å². The molecular formula is C21H24F2N2O3. The van der Waals surface area contributed by atoms with Crippen molar-refractivity contribution in [3.8, 4) is 5.75 Å². The largest absolute Gasteiger partial charge is 0.497 e. The zero-order valence-electron chi connectivity index (χ0n) is 15.7. The minimum atomic E-state index is -0.592. The lowest BCUT2D eigenvalue weighted by Gasteiger charge is -2.29. The van der Waals surface area contributed by atoms with Gasteiger partial charge in [0.25, 0.3) is 0 Å². The molecule has 0 radical (unpaired) electrons. The molecule has 3 rings (SSSR count). The fourth-order valence-corrected chi connectivity index (χ4v) is 3.27.